The second kappa shape index (κ2) is 5.40. The summed E-state index contributed by atoms with van der Waals surface area (Å²) in [6.45, 7) is 3.42. The number of hydrogen-bond donors (Lipinski definition) is 2. The number of nitrogen functional groups attached to an aromatic ring is 1. The van der Waals surface area contributed by atoms with Gasteiger partial charge in [-0.05, 0) is 19.8 Å². The van der Waals surface area contributed by atoms with E-state index in [1.54, 1.807) is 4.68 Å². The number of nitrogens with two attached hydrogens (primary N) is 1. The van der Waals surface area contributed by atoms with Gasteiger partial charge in [0.1, 0.15) is 5.82 Å². The molecule has 2 rings (SSSR count). The van der Waals surface area contributed by atoms with Gasteiger partial charge in [-0.1, -0.05) is 12.8 Å². The molecule has 1 aromatic rings. The average Bonchev–Trinajstić information content (AvgIpc) is 2.87. The van der Waals surface area contributed by atoms with Crippen LogP contribution in [-0.4, -0.2) is 29.0 Å². The highest BCUT2D eigenvalue weighted by molar-refractivity contribution is 5.64. The third kappa shape index (κ3) is 2.91. The highest BCUT2D eigenvalue weighted by Gasteiger charge is 2.15. The minimum absolute atomic E-state index is 0.474. The molecule has 0 atom stereocenters. The molecule has 1 aromatic heterocycles. The molecule has 1 aliphatic rings. The van der Waals surface area contributed by atoms with Gasteiger partial charge in [0.2, 0.25) is 0 Å². The molecule has 0 radical (unpaired) electrons. The van der Waals surface area contributed by atoms with E-state index in [-0.39, 0.29) is 0 Å². The molecule has 96 valence electrons. The molecule has 0 aromatic carbocycles. The van der Waals surface area contributed by atoms with Crippen molar-refractivity contribution in [2.24, 2.45) is 7.05 Å². The molecule has 0 aliphatic heterocycles. The SMILES string of the molecule is Cc1nn(C)c(NCCOC2CCCC2)c1N. The standard InChI is InChI=1S/C12H22N4O/c1-9-11(13)12(16(2)15-9)14-7-8-17-10-5-3-4-6-10/h10,14H,3-8,13H2,1-2H3. The zero-order chi connectivity index (χ0) is 12.3. The van der Waals surface area contributed by atoms with E-state index in [2.05, 4.69) is 10.4 Å². The van der Waals surface area contributed by atoms with Gasteiger partial charge in [-0.3, -0.25) is 4.68 Å². The molecule has 1 fully saturated rings. The fourth-order valence-electron chi connectivity index (χ4n) is 2.33. The van der Waals surface area contributed by atoms with Gasteiger partial charge in [-0.15, -0.1) is 0 Å². The quantitative estimate of drug-likeness (QED) is 0.766. The van der Waals surface area contributed by atoms with Crippen LogP contribution in [-0.2, 0) is 11.8 Å². The summed E-state index contributed by atoms with van der Waals surface area (Å²) in [6, 6.07) is 0. The Morgan fingerprint density at radius 2 is 2.18 bits per heavy atom. The summed E-state index contributed by atoms with van der Waals surface area (Å²) in [6.07, 6.45) is 5.53. The Kier molecular flexibility index (Phi) is 3.89. The maximum atomic E-state index is 5.92. The molecular weight excluding hydrogens is 216 g/mol. The number of nitrogens with zero attached hydrogens (tertiary/aromatic N) is 2. The van der Waals surface area contributed by atoms with Crippen LogP contribution >= 0.6 is 0 Å². The van der Waals surface area contributed by atoms with Crippen molar-refractivity contribution in [3.63, 3.8) is 0 Å². The number of aromatic nitrogens is 2. The lowest BCUT2D eigenvalue weighted by Gasteiger charge is -2.12. The minimum atomic E-state index is 0.474. The fourth-order valence-corrected chi connectivity index (χ4v) is 2.33. The number of ether oxygens (including phenoxy) is 1. The van der Waals surface area contributed by atoms with Crippen molar-refractivity contribution < 1.29 is 4.74 Å². The molecule has 17 heavy (non-hydrogen) atoms. The van der Waals surface area contributed by atoms with Crippen LogP contribution in [0.25, 0.3) is 0 Å². The van der Waals surface area contributed by atoms with E-state index < -0.39 is 0 Å². The van der Waals surface area contributed by atoms with Crippen LogP contribution in [0.2, 0.25) is 0 Å². The molecule has 0 saturated heterocycles. The normalized spacial score (nSPS) is 16.6. The van der Waals surface area contributed by atoms with E-state index in [1.807, 2.05) is 14.0 Å². The number of hydrogen-bond acceptors (Lipinski definition) is 4. The molecule has 1 heterocycles. The van der Waals surface area contributed by atoms with Gasteiger partial charge in [-0.25, -0.2) is 0 Å². The highest BCUT2D eigenvalue weighted by atomic mass is 16.5. The van der Waals surface area contributed by atoms with Crippen LogP contribution in [0, 0.1) is 6.92 Å². The summed E-state index contributed by atoms with van der Waals surface area (Å²) in [4.78, 5) is 0. The second-order valence-corrected chi connectivity index (χ2v) is 4.68. The van der Waals surface area contributed by atoms with Crippen molar-refractivity contribution in [1.29, 1.82) is 0 Å². The lowest BCUT2D eigenvalue weighted by atomic mass is 10.3. The second-order valence-electron chi connectivity index (χ2n) is 4.68. The monoisotopic (exact) mass is 238 g/mol. The number of aryl methyl sites for hydroxylation is 2. The Bertz CT molecular complexity index is 369. The Labute approximate surface area is 102 Å². The van der Waals surface area contributed by atoms with Gasteiger partial charge >= 0.3 is 0 Å². The topological polar surface area (TPSA) is 65.1 Å². The van der Waals surface area contributed by atoms with Crippen LogP contribution < -0.4 is 11.1 Å². The molecular formula is C12H22N4O. The lowest BCUT2D eigenvalue weighted by Crippen LogP contribution is -2.17. The molecule has 1 saturated carbocycles. The Morgan fingerprint density at radius 1 is 1.47 bits per heavy atom. The first-order valence-corrected chi connectivity index (χ1v) is 6.33. The first-order valence-electron chi connectivity index (χ1n) is 6.33. The van der Waals surface area contributed by atoms with Crippen molar-refractivity contribution in [2.45, 2.75) is 38.7 Å². The number of nitrogens with one attached hydrogen (secondary N) is 1. The van der Waals surface area contributed by atoms with Crippen LogP contribution in [0.3, 0.4) is 0 Å². The van der Waals surface area contributed by atoms with Gasteiger partial charge in [0, 0.05) is 13.6 Å². The van der Waals surface area contributed by atoms with Gasteiger partial charge in [-0.2, -0.15) is 5.10 Å². The van der Waals surface area contributed by atoms with Crippen molar-refractivity contribution in [1.82, 2.24) is 9.78 Å². The summed E-state index contributed by atoms with van der Waals surface area (Å²) in [7, 11) is 1.89. The Balaban J connectivity index is 1.74. The minimum Gasteiger partial charge on any atom is -0.394 e. The van der Waals surface area contributed by atoms with Gasteiger partial charge in [0.15, 0.2) is 0 Å². The van der Waals surface area contributed by atoms with Crippen LogP contribution in [0.4, 0.5) is 11.5 Å². The van der Waals surface area contributed by atoms with E-state index in [0.717, 1.165) is 30.4 Å². The first-order chi connectivity index (χ1) is 8.18. The van der Waals surface area contributed by atoms with Gasteiger partial charge in [0.05, 0.1) is 24.1 Å². The zero-order valence-electron chi connectivity index (χ0n) is 10.7. The third-order valence-corrected chi connectivity index (χ3v) is 3.32. The van der Waals surface area contributed by atoms with Crippen molar-refractivity contribution in [3.05, 3.63) is 5.69 Å². The van der Waals surface area contributed by atoms with E-state index in [0.29, 0.717) is 6.10 Å². The van der Waals surface area contributed by atoms with Crippen molar-refractivity contribution in [2.75, 3.05) is 24.2 Å². The van der Waals surface area contributed by atoms with E-state index in [4.69, 9.17) is 10.5 Å². The smallest absolute Gasteiger partial charge is 0.147 e. The van der Waals surface area contributed by atoms with Crippen LogP contribution in [0.5, 0.6) is 0 Å². The molecule has 3 N–H and O–H groups in total. The number of rotatable bonds is 5. The summed E-state index contributed by atoms with van der Waals surface area (Å²) >= 11 is 0. The van der Waals surface area contributed by atoms with Crippen LogP contribution in [0.1, 0.15) is 31.4 Å². The van der Waals surface area contributed by atoms with E-state index in [1.165, 1.54) is 25.7 Å². The first kappa shape index (κ1) is 12.2. The van der Waals surface area contributed by atoms with E-state index >= 15 is 0 Å². The molecule has 0 spiro atoms. The molecule has 0 bridgehead atoms. The van der Waals surface area contributed by atoms with Crippen LogP contribution in [0.15, 0.2) is 0 Å². The van der Waals surface area contributed by atoms with Crippen molar-refractivity contribution in [3.8, 4) is 0 Å². The zero-order valence-corrected chi connectivity index (χ0v) is 10.7. The van der Waals surface area contributed by atoms with E-state index in [9.17, 15) is 0 Å². The van der Waals surface area contributed by atoms with Gasteiger partial charge < -0.3 is 15.8 Å². The largest absolute Gasteiger partial charge is 0.394 e. The maximum absolute atomic E-state index is 5.92. The summed E-state index contributed by atoms with van der Waals surface area (Å²) in [5.74, 6) is 0.887. The molecule has 1 aliphatic carbocycles. The summed E-state index contributed by atoms with van der Waals surface area (Å²) in [5.41, 5.74) is 7.52. The van der Waals surface area contributed by atoms with Crippen molar-refractivity contribution >= 4 is 11.5 Å². The molecule has 5 heteroatoms. The highest BCUT2D eigenvalue weighted by Crippen LogP contribution is 2.22. The van der Waals surface area contributed by atoms with Gasteiger partial charge in [0.25, 0.3) is 0 Å². The number of anilines is 2. The lowest BCUT2D eigenvalue weighted by molar-refractivity contribution is 0.0658. The molecule has 0 unspecified atom stereocenters. The fraction of sp³-hybridized carbons (Fsp3) is 0.750. The summed E-state index contributed by atoms with van der Waals surface area (Å²) in [5, 5.41) is 7.53. The summed E-state index contributed by atoms with van der Waals surface area (Å²) < 4.78 is 7.56. The maximum Gasteiger partial charge on any atom is 0.147 e. The molecule has 0 amide bonds. The predicted octanol–water partition coefficient (Wildman–Crippen LogP) is 1.68. The Hall–Kier alpha value is -1.23. The molecule has 5 nitrogen and oxygen atoms in total. The third-order valence-electron chi connectivity index (χ3n) is 3.32. The predicted molar refractivity (Wildman–Crippen MR) is 69.1 cm³/mol. The Morgan fingerprint density at radius 3 is 2.76 bits per heavy atom. The average molecular weight is 238 g/mol.